The van der Waals surface area contributed by atoms with Gasteiger partial charge >= 0.3 is 12.0 Å². The van der Waals surface area contributed by atoms with E-state index >= 15 is 0 Å². The summed E-state index contributed by atoms with van der Waals surface area (Å²) in [5, 5.41) is 10.8. The van der Waals surface area contributed by atoms with Gasteiger partial charge in [-0.05, 0) is 55.0 Å². The van der Waals surface area contributed by atoms with Gasteiger partial charge in [0.05, 0.1) is 12.3 Å². The second kappa shape index (κ2) is 8.91. The quantitative estimate of drug-likeness (QED) is 0.530. The van der Waals surface area contributed by atoms with Crippen molar-refractivity contribution in [1.82, 2.24) is 5.32 Å². The molecular weight excluding hydrogens is 392 g/mol. The van der Waals surface area contributed by atoms with E-state index in [2.05, 4.69) is 5.32 Å². The molecule has 2 aromatic rings. The van der Waals surface area contributed by atoms with Crippen molar-refractivity contribution < 1.29 is 33.8 Å². The number of carbonyl (C=O) groups is 4. The first kappa shape index (κ1) is 20.6. The Hall–Kier alpha value is -4.14. The van der Waals surface area contributed by atoms with Gasteiger partial charge in [-0.15, -0.1) is 0 Å². The predicted molar refractivity (Wildman–Crippen MR) is 106 cm³/mol. The Kier molecular flexibility index (Phi) is 6.11. The molecule has 1 fully saturated rings. The SMILES string of the molecule is CCOc1ccc(N2C(=O)NC(=O)/C(=C/c3ccc(OCC(=O)O)cc3)C2=O)cc1. The Balaban J connectivity index is 1.83. The number of ether oxygens (including phenoxy) is 2. The van der Waals surface area contributed by atoms with Crippen LogP contribution in [0.15, 0.2) is 54.1 Å². The molecule has 1 saturated heterocycles. The van der Waals surface area contributed by atoms with Crippen LogP contribution in [0.25, 0.3) is 6.08 Å². The lowest BCUT2D eigenvalue weighted by Crippen LogP contribution is -2.54. The van der Waals surface area contributed by atoms with Crippen LogP contribution in [0, 0.1) is 0 Å². The first-order valence-corrected chi connectivity index (χ1v) is 8.98. The number of hydrogen-bond donors (Lipinski definition) is 2. The van der Waals surface area contributed by atoms with Crippen LogP contribution in [-0.4, -0.2) is 42.1 Å². The number of imide groups is 2. The van der Waals surface area contributed by atoms with E-state index in [0.717, 1.165) is 4.90 Å². The molecule has 0 saturated carbocycles. The molecule has 1 aliphatic rings. The Morgan fingerprint density at radius 1 is 1.00 bits per heavy atom. The van der Waals surface area contributed by atoms with Gasteiger partial charge in [0.25, 0.3) is 11.8 Å². The average Bonchev–Trinajstić information content (AvgIpc) is 2.72. The topological polar surface area (TPSA) is 122 Å². The second-order valence-electron chi connectivity index (χ2n) is 6.14. The number of carboxylic acids is 1. The lowest BCUT2D eigenvalue weighted by atomic mass is 10.1. The molecule has 9 heteroatoms. The van der Waals surface area contributed by atoms with Gasteiger partial charge in [-0.3, -0.25) is 14.9 Å². The van der Waals surface area contributed by atoms with Gasteiger partial charge in [0, 0.05) is 0 Å². The number of anilines is 1. The van der Waals surface area contributed by atoms with Crippen molar-refractivity contribution in [3.05, 3.63) is 59.7 Å². The molecule has 154 valence electrons. The van der Waals surface area contributed by atoms with Crippen molar-refractivity contribution in [3.8, 4) is 11.5 Å². The van der Waals surface area contributed by atoms with E-state index < -0.39 is 30.4 Å². The maximum Gasteiger partial charge on any atom is 0.341 e. The zero-order valence-electron chi connectivity index (χ0n) is 16.0. The Morgan fingerprint density at radius 3 is 2.20 bits per heavy atom. The molecule has 2 N–H and O–H groups in total. The summed E-state index contributed by atoms with van der Waals surface area (Å²) in [6, 6.07) is 11.6. The van der Waals surface area contributed by atoms with Crippen LogP contribution in [0.3, 0.4) is 0 Å². The first-order chi connectivity index (χ1) is 14.4. The van der Waals surface area contributed by atoms with Crippen LogP contribution in [0.4, 0.5) is 10.5 Å². The smallest absolute Gasteiger partial charge is 0.341 e. The Bertz CT molecular complexity index is 1010. The number of nitrogens with one attached hydrogen (secondary N) is 1. The normalized spacial score (nSPS) is 15.2. The molecule has 1 aliphatic heterocycles. The second-order valence-corrected chi connectivity index (χ2v) is 6.14. The van der Waals surface area contributed by atoms with Crippen molar-refractivity contribution in [2.24, 2.45) is 0 Å². The number of nitrogens with zero attached hydrogens (tertiary/aromatic N) is 1. The number of benzene rings is 2. The standard InChI is InChI=1S/C21H18N2O7/c1-2-29-15-9-5-14(6-10-15)23-20(27)17(19(26)22-21(23)28)11-13-3-7-16(8-4-13)30-12-18(24)25/h3-11H,2,12H2,1H3,(H,24,25)(H,22,26,28)/b17-11-. The van der Waals surface area contributed by atoms with E-state index in [4.69, 9.17) is 14.6 Å². The highest BCUT2D eigenvalue weighted by Gasteiger charge is 2.36. The predicted octanol–water partition coefficient (Wildman–Crippen LogP) is 2.22. The number of urea groups is 1. The molecule has 0 spiro atoms. The van der Waals surface area contributed by atoms with Crippen molar-refractivity contribution in [1.29, 1.82) is 0 Å². The lowest BCUT2D eigenvalue weighted by Gasteiger charge is -2.26. The number of hydrogen-bond acceptors (Lipinski definition) is 6. The van der Waals surface area contributed by atoms with E-state index in [1.54, 1.807) is 36.4 Å². The average molecular weight is 410 g/mol. The summed E-state index contributed by atoms with van der Waals surface area (Å²) >= 11 is 0. The summed E-state index contributed by atoms with van der Waals surface area (Å²) in [6.45, 7) is 1.83. The van der Waals surface area contributed by atoms with Crippen LogP contribution in [0.1, 0.15) is 12.5 Å². The van der Waals surface area contributed by atoms with Gasteiger partial charge in [-0.25, -0.2) is 14.5 Å². The fourth-order valence-electron chi connectivity index (χ4n) is 2.72. The van der Waals surface area contributed by atoms with Crippen molar-refractivity contribution >= 4 is 35.6 Å². The van der Waals surface area contributed by atoms with Crippen LogP contribution >= 0.6 is 0 Å². The van der Waals surface area contributed by atoms with E-state index in [9.17, 15) is 19.2 Å². The molecule has 9 nitrogen and oxygen atoms in total. The maximum absolute atomic E-state index is 12.9. The van der Waals surface area contributed by atoms with Crippen LogP contribution in [-0.2, 0) is 14.4 Å². The minimum Gasteiger partial charge on any atom is -0.494 e. The van der Waals surface area contributed by atoms with Crippen LogP contribution in [0.5, 0.6) is 11.5 Å². The number of rotatable bonds is 7. The highest BCUT2D eigenvalue weighted by molar-refractivity contribution is 6.39. The van der Waals surface area contributed by atoms with Gasteiger partial charge in [0.1, 0.15) is 17.1 Å². The van der Waals surface area contributed by atoms with E-state index in [1.807, 2.05) is 6.92 Å². The maximum atomic E-state index is 12.9. The lowest BCUT2D eigenvalue weighted by molar-refractivity contribution is -0.139. The van der Waals surface area contributed by atoms with Crippen LogP contribution in [0.2, 0.25) is 0 Å². The van der Waals surface area contributed by atoms with Crippen molar-refractivity contribution in [2.45, 2.75) is 6.92 Å². The van der Waals surface area contributed by atoms with Crippen molar-refractivity contribution in [2.75, 3.05) is 18.1 Å². The molecule has 0 radical (unpaired) electrons. The third-order valence-electron chi connectivity index (χ3n) is 4.06. The van der Waals surface area contributed by atoms with Crippen molar-refractivity contribution in [3.63, 3.8) is 0 Å². The Labute approximate surface area is 171 Å². The summed E-state index contributed by atoms with van der Waals surface area (Å²) in [5.41, 5.74) is 0.566. The molecule has 1 heterocycles. The van der Waals surface area contributed by atoms with Gasteiger partial charge in [0.2, 0.25) is 0 Å². The highest BCUT2D eigenvalue weighted by Crippen LogP contribution is 2.24. The zero-order valence-corrected chi connectivity index (χ0v) is 16.0. The number of amides is 4. The van der Waals surface area contributed by atoms with Gasteiger partial charge in [0.15, 0.2) is 6.61 Å². The number of barbiturate groups is 1. The summed E-state index contributed by atoms with van der Waals surface area (Å²) in [6.07, 6.45) is 1.34. The zero-order chi connectivity index (χ0) is 21.7. The van der Waals surface area contributed by atoms with Gasteiger partial charge < -0.3 is 14.6 Å². The van der Waals surface area contributed by atoms with Gasteiger partial charge in [-0.1, -0.05) is 12.1 Å². The minimum absolute atomic E-state index is 0.220. The summed E-state index contributed by atoms with van der Waals surface area (Å²) in [5.74, 6) is -1.77. The number of aliphatic carboxylic acids is 1. The minimum atomic E-state index is -1.11. The third kappa shape index (κ3) is 4.64. The monoisotopic (exact) mass is 410 g/mol. The molecule has 0 unspecified atom stereocenters. The Morgan fingerprint density at radius 2 is 1.60 bits per heavy atom. The molecule has 0 aliphatic carbocycles. The molecular formula is C21H18N2O7. The molecule has 0 aromatic heterocycles. The van der Waals surface area contributed by atoms with Gasteiger partial charge in [-0.2, -0.15) is 0 Å². The summed E-state index contributed by atoms with van der Waals surface area (Å²) in [4.78, 5) is 48.7. The number of carboxylic acid groups (broad SMARTS) is 1. The summed E-state index contributed by atoms with van der Waals surface area (Å²) in [7, 11) is 0. The molecule has 2 aromatic carbocycles. The van der Waals surface area contributed by atoms with E-state index in [0.29, 0.717) is 23.7 Å². The molecule has 4 amide bonds. The first-order valence-electron chi connectivity index (χ1n) is 8.98. The highest BCUT2D eigenvalue weighted by atomic mass is 16.5. The fourth-order valence-corrected chi connectivity index (χ4v) is 2.72. The number of carbonyl (C=O) groups excluding carboxylic acids is 3. The van der Waals surface area contributed by atoms with E-state index in [-0.39, 0.29) is 11.3 Å². The molecule has 30 heavy (non-hydrogen) atoms. The fraction of sp³-hybridized carbons (Fsp3) is 0.143. The molecule has 0 bridgehead atoms. The van der Waals surface area contributed by atoms with Crippen LogP contribution < -0.4 is 19.7 Å². The third-order valence-corrected chi connectivity index (χ3v) is 4.06. The van der Waals surface area contributed by atoms with E-state index in [1.165, 1.54) is 18.2 Å². The largest absolute Gasteiger partial charge is 0.494 e. The summed E-state index contributed by atoms with van der Waals surface area (Å²) < 4.78 is 10.4. The molecule has 3 rings (SSSR count). The molecule has 0 atom stereocenters.